The van der Waals surface area contributed by atoms with Crippen molar-refractivity contribution in [1.29, 1.82) is 0 Å². The normalized spacial score (nSPS) is 10.2. The topological polar surface area (TPSA) is 76.2 Å². The third-order valence-corrected chi connectivity index (χ3v) is 3.22. The van der Waals surface area contributed by atoms with Gasteiger partial charge in [-0.3, -0.25) is 4.79 Å². The molecule has 0 atom stereocenters. The van der Waals surface area contributed by atoms with E-state index in [4.69, 9.17) is 9.47 Å². The van der Waals surface area contributed by atoms with E-state index in [0.717, 1.165) is 11.4 Å². The summed E-state index contributed by atoms with van der Waals surface area (Å²) in [7, 11) is 3.14. The summed E-state index contributed by atoms with van der Waals surface area (Å²) in [6, 6.07) is 3.42. The van der Waals surface area contributed by atoms with E-state index in [9.17, 15) is 4.79 Å². The highest BCUT2D eigenvalue weighted by molar-refractivity contribution is 5.95. The van der Waals surface area contributed by atoms with Crippen molar-refractivity contribution in [2.45, 2.75) is 13.3 Å². The largest absolute Gasteiger partial charge is 0.496 e. The number of hydrogen-bond donors (Lipinski definition) is 2. The molecule has 1 aromatic heterocycles. The molecule has 1 heterocycles. The summed E-state index contributed by atoms with van der Waals surface area (Å²) in [6.45, 7) is 2.39. The smallest absolute Gasteiger partial charge is 0.251 e. The van der Waals surface area contributed by atoms with Crippen LogP contribution in [0.1, 0.15) is 21.7 Å². The molecule has 0 aliphatic rings. The maximum Gasteiger partial charge on any atom is 0.251 e. The van der Waals surface area contributed by atoms with Crippen molar-refractivity contribution in [3.8, 4) is 11.5 Å². The zero-order chi connectivity index (χ0) is 15.2. The van der Waals surface area contributed by atoms with E-state index in [1.54, 1.807) is 38.7 Å². The number of ether oxygens (including phenoxy) is 2. The molecular formula is C15H19N3O3. The molecule has 0 saturated carbocycles. The van der Waals surface area contributed by atoms with Crippen LogP contribution in [0, 0.1) is 6.92 Å². The Morgan fingerprint density at radius 2 is 1.95 bits per heavy atom. The van der Waals surface area contributed by atoms with Crippen molar-refractivity contribution in [2.24, 2.45) is 0 Å². The molecular weight excluding hydrogens is 270 g/mol. The van der Waals surface area contributed by atoms with Gasteiger partial charge in [-0.15, -0.1) is 0 Å². The molecule has 2 N–H and O–H groups in total. The van der Waals surface area contributed by atoms with Crippen LogP contribution in [0.3, 0.4) is 0 Å². The lowest BCUT2D eigenvalue weighted by Crippen LogP contribution is -2.26. The van der Waals surface area contributed by atoms with Crippen LogP contribution in [-0.2, 0) is 6.42 Å². The molecule has 2 aromatic rings. The van der Waals surface area contributed by atoms with Gasteiger partial charge < -0.3 is 19.8 Å². The molecule has 6 nitrogen and oxygen atoms in total. The van der Waals surface area contributed by atoms with Crippen molar-refractivity contribution < 1.29 is 14.3 Å². The third kappa shape index (κ3) is 3.53. The summed E-state index contributed by atoms with van der Waals surface area (Å²) in [6.07, 6.45) is 4.10. The van der Waals surface area contributed by atoms with Gasteiger partial charge in [0, 0.05) is 36.5 Å². The van der Waals surface area contributed by atoms with E-state index in [1.807, 2.05) is 6.92 Å². The van der Waals surface area contributed by atoms with E-state index in [1.165, 1.54) is 0 Å². The maximum absolute atomic E-state index is 12.2. The van der Waals surface area contributed by atoms with Gasteiger partial charge in [0.15, 0.2) is 0 Å². The Kier molecular flexibility index (Phi) is 4.81. The molecule has 1 aromatic carbocycles. The summed E-state index contributed by atoms with van der Waals surface area (Å²) < 4.78 is 10.5. The van der Waals surface area contributed by atoms with Crippen molar-refractivity contribution in [3.05, 3.63) is 41.5 Å². The van der Waals surface area contributed by atoms with Gasteiger partial charge in [0.2, 0.25) is 0 Å². The highest BCUT2D eigenvalue weighted by Crippen LogP contribution is 2.29. The van der Waals surface area contributed by atoms with Gasteiger partial charge in [0.1, 0.15) is 17.3 Å². The van der Waals surface area contributed by atoms with Crippen LogP contribution in [0.25, 0.3) is 0 Å². The minimum absolute atomic E-state index is 0.168. The lowest BCUT2D eigenvalue weighted by atomic mass is 10.1. The number of H-pyrrole nitrogens is 1. The molecule has 21 heavy (non-hydrogen) atoms. The molecule has 2 rings (SSSR count). The number of aromatic nitrogens is 2. The zero-order valence-electron chi connectivity index (χ0n) is 12.4. The second kappa shape index (κ2) is 6.78. The summed E-state index contributed by atoms with van der Waals surface area (Å²) in [5.74, 6) is 1.93. The molecule has 0 unspecified atom stereocenters. The van der Waals surface area contributed by atoms with Crippen molar-refractivity contribution in [3.63, 3.8) is 0 Å². The Morgan fingerprint density at radius 3 is 2.48 bits per heavy atom. The first-order valence-electron chi connectivity index (χ1n) is 6.64. The van der Waals surface area contributed by atoms with E-state index in [-0.39, 0.29) is 5.91 Å². The lowest BCUT2D eigenvalue weighted by Gasteiger charge is -2.12. The minimum atomic E-state index is -0.168. The Balaban J connectivity index is 2.04. The minimum Gasteiger partial charge on any atom is -0.496 e. The number of carbonyl (C=O) groups excluding carboxylic acids is 1. The average Bonchev–Trinajstić information content (AvgIpc) is 3.00. The number of aromatic amines is 1. The van der Waals surface area contributed by atoms with E-state index in [2.05, 4.69) is 15.3 Å². The van der Waals surface area contributed by atoms with Gasteiger partial charge in [-0.2, -0.15) is 0 Å². The van der Waals surface area contributed by atoms with Crippen LogP contribution in [0.2, 0.25) is 0 Å². The van der Waals surface area contributed by atoms with Gasteiger partial charge >= 0.3 is 0 Å². The van der Waals surface area contributed by atoms with Gasteiger partial charge in [-0.05, 0) is 19.1 Å². The second-order valence-electron chi connectivity index (χ2n) is 4.55. The van der Waals surface area contributed by atoms with Crippen LogP contribution in [-0.4, -0.2) is 36.6 Å². The van der Waals surface area contributed by atoms with Crippen molar-refractivity contribution in [2.75, 3.05) is 20.8 Å². The molecule has 112 valence electrons. The Bertz CT molecular complexity index is 584. The molecule has 6 heteroatoms. The highest BCUT2D eigenvalue weighted by Gasteiger charge is 2.13. The van der Waals surface area contributed by atoms with Crippen molar-refractivity contribution >= 4 is 5.91 Å². The number of imidazole rings is 1. The number of hydrogen-bond acceptors (Lipinski definition) is 4. The molecule has 0 aliphatic carbocycles. The molecule has 1 amide bonds. The van der Waals surface area contributed by atoms with Gasteiger partial charge in [0.05, 0.1) is 14.2 Å². The Labute approximate surface area is 123 Å². The summed E-state index contributed by atoms with van der Waals surface area (Å²) >= 11 is 0. The molecule has 0 fully saturated rings. The first kappa shape index (κ1) is 14.9. The van der Waals surface area contributed by atoms with E-state index in [0.29, 0.717) is 30.0 Å². The number of benzene rings is 1. The standard InChI is InChI=1S/C15H19N3O3/c1-10-12(20-2)8-11(9-13(10)21-3)15(19)18-5-4-14-16-6-7-17-14/h6-9H,4-5H2,1-3H3,(H,16,17)(H,18,19). The summed E-state index contributed by atoms with van der Waals surface area (Å²) in [5.41, 5.74) is 1.38. The number of rotatable bonds is 6. The predicted octanol–water partition coefficient (Wildman–Crippen LogP) is 1.71. The summed E-state index contributed by atoms with van der Waals surface area (Å²) in [5, 5.41) is 2.85. The van der Waals surface area contributed by atoms with Crippen LogP contribution >= 0.6 is 0 Å². The fourth-order valence-corrected chi connectivity index (χ4v) is 2.05. The zero-order valence-corrected chi connectivity index (χ0v) is 12.4. The van der Waals surface area contributed by atoms with Crippen LogP contribution in [0.15, 0.2) is 24.5 Å². The number of amides is 1. The molecule has 0 bridgehead atoms. The molecule has 0 radical (unpaired) electrons. The molecule has 0 aliphatic heterocycles. The van der Waals surface area contributed by atoms with Gasteiger partial charge in [-0.1, -0.05) is 0 Å². The van der Waals surface area contributed by atoms with Crippen LogP contribution in [0.4, 0.5) is 0 Å². The number of nitrogens with zero attached hydrogens (tertiary/aromatic N) is 1. The Morgan fingerprint density at radius 1 is 1.29 bits per heavy atom. The van der Waals surface area contributed by atoms with E-state index < -0.39 is 0 Å². The first-order chi connectivity index (χ1) is 10.2. The average molecular weight is 289 g/mol. The maximum atomic E-state index is 12.2. The fourth-order valence-electron chi connectivity index (χ4n) is 2.05. The van der Waals surface area contributed by atoms with Crippen LogP contribution < -0.4 is 14.8 Å². The quantitative estimate of drug-likeness (QED) is 0.848. The number of nitrogens with one attached hydrogen (secondary N) is 2. The first-order valence-corrected chi connectivity index (χ1v) is 6.64. The summed E-state index contributed by atoms with van der Waals surface area (Å²) in [4.78, 5) is 19.3. The molecule has 0 spiro atoms. The SMILES string of the molecule is COc1cc(C(=O)NCCc2ncc[nH]2)cc(OC)c1C. The third-order valence-electron chi connectivity index (χ3n) is 3.22. The van der Waals surface area contributed by atoms with E-state index >= 15 is 0 Å². The Hall–Kier alpha value is -2.50. The fraction of sp³-hybridized carbons (Fsp3) is 0.333. The molecule has 0 saturated heterocycles. The number of methoxy groups -OCH3 is 2. The number of carbonyl (C=O) groups is 1. The predicted molar refractivity (Wildman–Crippen MR) is 78.9 cm³/mol. The van der Waals surface area contributed by atoms with Crippen molar-refractivity contribution in [1.82, 2.24) is 15.3 Å². The van der Waals surface area contributed by atoms with Crippen LogP contribution in [0.5, 0.6) is 11.5 Å². The van der Waals surface area contributed by atoms with Gasteiger partial charge in [0.25, 0.3) is 5.91 Å². The van der Waals surface area contributed by atoms with Gasteiger partial charge in [-0.25, -0.2) is 4.98 Å². The monoisotopic (exact) mass is 289 g/mol. The second-order valence-corrected chi connectivity index (χ2v) is 4.55. The lowest BCUT2D eigenvalue weighted by molar-refractivity contribution is 0.0953. The highest BCUT2D eigenvalue weighted by atomic mass is 16.5.